The number of benzene rings is 1. The van der Waals surface area contributed by atoms with Gasteiger partial charge in [0.1, 0.15) is 0 Å². The Bertz CT molecular complexity index is 926. The predicted octanol–water partition coefficient (Wildman–Crippen LogP) is 2.62. The number of hydrogen-bond donors (Lipinski definition) is 0. The van der Waals surface area contributed by atoms with Crippen molar-refractivity contribution in [3.63, 3.8) is 0 Å². The molecule has 0 aliphatic carbocycles. The topological polar surface area (TPSA) is 77.6 Å². The van der Waals surface area contributed by atoms with Gasteiger partial charge in [-0.05, 0) is 36.8 Å². The molecule has 0 bridgehead atoms. The van der Waals surface area contributed by atoms with E-state index in [1.165, 1.54) is 0 Å². The highest BCUT2D eigenvalue weighted by molar-refractivity contribution is 7.91. The van der Waals surface area contributed by atoms with Crippen molar-refractivity contribution in [3.8, 4) is 11.5 Å². The summed E-state index contributed by atoms with van der Waals surface area (Å²) in [6.45, 7) is 1.41. The molecule has 0 spiro atoms. The van der Waals surface area contributed by atoms with Crippen LogP contribution in [0.5, 0.6) is 0 Å². The van der Waals surface area contributed by atoms with Gasteiger partial charge in [0.05, 0.1) is 24.8 Å². The van der Waals surface area contributed by atoms with Gasteiger partial charge < -0.3 is 9.15 Å². The van der Waals surface area contributed by atoms with Gasteiger partial charge in [-0.25, -0.2) is 13.1 Å². The van der Waals surface area contributed by atoms with Crippen molar-refractivity contribution in [2.75, 3.05) is 31.8 Å². The zero-order valence-corrected chi connectivity index (χ0v) is 16.7. The Morgan fingerprint density at radius 1 is 1.50 bits per heavy atom. The van der Waals surface area contributed by atoms with Crippen LogP contribution < -0.4 is 0 Å². The molecule has 0 N–H and O–H groups in total. The average molecular weight is 418 g/mol. The minimum atomic E-state index is -2.99. The maximum Gasteiger partial charge on any atom is 0.288 e. The first-order valence-electron chi connectivity index (χ1n) is 8.15. The first kappa shape index (κ1) is 19.5. The maximum absolute atomic E-state index is 11.8. The van der Waals surface area contributed by atoms with Crippen LogP contribution in [0.25, 0.3) is 11.5 Å². The van der Waals surface area contributed by atoms with E-state index in [0.29, 0.717) is 37.2 Å². The van der Waals surface area contributed by atoms with E-state index in [1.807, 2.05) is 17.0 Å². The summed E-state index contributed by atoms with van der Waals surface area (Å²) in [5.74, 6) is 0.727. The molecule has 1 atom stereocenters. The number of methoxy groups -OCH3 is 1. The second-order valence-electron chi connectivity index (χ2n) is 6.19. The number of aromatic nitrogens is 2. The van der Waals surface area contributed by atoms with Gasteiger partial charge >= 0.3 is 0 Å². The molecule has 26 heavy (non-hydrogen) atoms. The lowest BCUT2D eigenvalue weighted by Gasteiger charge is -2.27. The minimum Gasteiger partial charge on any atom is -0.409 e. The van der Waals surface area contributed by atoms with Crippen molar-refractivity contribution < 1.29 is 17.6 Å². The number of hydrogen-bond acceptors (Lipinski definition) is 7. The lowest BCUT2D eigenvalue weighted by Crippen LogP contribution is -2.40. The lowest BCUT2D eigenvalue weighted by atomic mass is 10.2. The normalized spacial score (nSPS) is 19.3. The van der Waals surface area contributed by atoms with Crippen molar-refractivity contribution in [1.82, 2.24) is 14.7 Å². The van der Waals surface area contributed by atoms with E-state index in [-0.39, 0.29) is 22.4 Å². The minimum absolute atomic E-state index is 0.0802. The Kier molecular flexibility index (Phi) is 6.13. The molecule has 7 nitrogen and oxygen atoms in total. The average Bonchev–Trinajstić information content (AvgIpc) is 3.14. The fraction of sp³-hybridized carbons (Fsp3) is 0.500. The van der Waals surface area contributed by atoms with Crippen LogP contribution in [0.4, 0.5) is 0 Å². The third-order valence-corrected chi connectivity index (χ3v) is 6.58. The number of halogens is 1. The Labute approximate surface area is 162 Å². The molecule has 2 aromatic rings. The van der Waals surface area contributed by atoms with Crippen molar-refractivity contribution in [1.29, 1.82) is 0 Å². The molecule has 1 aliphatic rings. The first-order valence-corrected chi connectivity index (χ1v) is 10.8. The maximum atomic E-state index is 11.8. The standard InChI is InChI=1S/C16H20ClN3O4S2/c1-23-7-6-19(14-5-8-26(21,22)10-14)11-20-16(25)24-15(18-20)12-3-2-4-13(17)9-12/h2-4,9,14H,5-8,10-11H2,1H3/t14-/m1/s1. The van der Waals surface area contributed by atoms with Gasteiger partial charge in [0.15, 0.2) is 9.84 Å². The second-order valence-corrected chi connectivity index (χ2v) is 9.20. The molecule has 2 heterocycles. The third kappa shape index (κ3) is 4.72. The summed E-state index contributed by atoms with van der Waals surface area (Å²) < 4.78 is 36.0. The third-order valence-electron chi connectivity index (χ3n) is 4.30. The molecular weight excluding hydrogens is 398 g/mol. The van der Waals surface area contributed by atoms with E-state index in [2.05, 4.69) is 5.10 Å². The molecule has 1 aromatic carbocycles. The van der Waals surface area contributed by atoms with Crippen LogP contribution in [0.3, 0.4) is 0 Å². The Morgan fingerprint density at radius 3 is 2.96 bits per heavy atom. The molecule has 0 amide bonds. The molecule has 0 saturated carbocycles. The number of sulfone groups is 1. The zero-order chi connectivity index (χ0) is 18.7. The summed E-state index contributed by atoms with van der Waals surface area (Å²) in [4.78, 5) is 2.25. The van der Waals surface area contributed by atoms with Crippen molar-refractivity contribution in [2.24, 2.45) is 0 Å². The van der Waals surface area contributed by atoms with Crippen LogP contribution in [0.2, 0.25) is 5.02 Å². The largest absolute Gasteiger partial charge is 0.409 e. The van der Waals surface area contributed by atoms with Gasteiger partial charge in [0.2, 0.25) is 5.89 Å². The van der Waals surface area contributed by atoms with Crippen LogP contribution in [0.1, 0.15) is 6.42 Å². The van der Waals surface area contributed by atoms with Gasteiger partial charge in [0, 0.05) is 30.3 Å². The van der Waals surface area contributed by atoms with Gasteiger partial charge in [-0.15, -0.1) is 5.10 Å². The highest BCUT2D eigenvalue weighted by Gasteiger charge is 2.32. The Hall–Kier alpha value is -1.26. The fourth-order valence-electron chi connectivity index (χ4n) is 2.95. The van der Waals surface area contributed by atoms with Crippen molar-refractivity contribution >= 4 is 33.7 Å². The van der Waals surface area contributed by atoms with E-state index in [4.69, 9.17) is 33.0 Å². The molecule has 1 saturated heterocycles. The van der Waals surface area contributed by atoms with E-state index < -0.39 is 9.84 Å². The number of nitrogens with zero attached hydrogens (tertiary/aromatic N) is 3. The van der Waals surface area contributed by atoms with E-state index in [0.717, 1.165) is 5.56 Å². The molecule has 1 aromatic heterocycles. The fourth-order valence-corrected chi connectivity index (χ4v) is 5.08. The smallest absolute Gasteiger partial charge is 0.288 e. The molecular formula is C16H20ClN3O4S2. The van der Waals surface area contributed by atoms with Crippen LogP contribution in [0.15, 0.2) is 28.7 Å². The molecule has 1 fully saturated rings. The second kappa shape index (κ2) is 8.18. The first-order chi connectivity index (χ1) is 12.4. The van der Waals surface area contributed by atoms with E-state index in [9.17, 15) is 8.42 Å². The quantitative estimate of drug-likeness (QED) is 0.641. The zero-order valence-electron chi connectivity index (χ0n) is 14.3. The summed E-state index contributed by atoms with van der Waals surface area (Å²) in [7, 11) is -1.37. The van der Waals surface area contributed by atoms with Gasteiger partial charge in [-0.3, -0.25) is 4.90 Å². The molecule has 0 unspecified atom stereocenters. The molecule has 10 heteroatoms. The summed E-state index contributed by atoms with van der Waals surface area (Å²) in [6.07, 6.45) is 0.596. The van der Waals surface area contributed by atoms with Crippen LogP contribution in [0, 0.1) is 4.84 Å². The predicted molar refractivity (Wildman–Crippen MR) is 101 cm³/mol. The van der Waals surface area contributed by atoms with Crippen LogP contribution in [-0.2, 0) is 21.2 Å². The number of ether oxygens (including phenoxy) is 1. The van der Waals surface area contributed by atoms with Crippen molar-refractivity contribution in [2.45, 2.75) is 19.1 Å². The monoisotopic (exact) mass is 417 g/mol. The molecule has 0 radical (unpaired) electrons. The van der Waals surface area contributed by atoms with Gasteiger partial charge in [-0.2, -0.15) is 0 Å². The lowest BCUT2D eigenvalue weighted by molar-refractivity contribution is 0.0973. The number of rotatable bonds is 7. The molecule has 3 rings (SSSR count). The van der Waals surface area contributed by atoms with Crippen LogP contribution in [-0.4, -0.2) is 60.9 Å². The summed E-state index contributed by atoms with van der Waals surface area (Å²) in [5.41, 5.74) is 0.731. The van der Waals surface area contributed by atoms with Gasteiger partial charge in [-0.1, -0.05) is 17.7 Å². The van der Waals surface area contributed by atoms with Crippen LogP contribution >= 0.6 is 23.8 Å². The SMILES string of the molecule is COCCN(Cn1nc(-c2cccc(Cl)c2)oc1=S)[C@@H]1CCS(=O)(=O)C1. The van der Waals surface area contributed by atoms with Crippen molar-refractivity contribution in [3.05, 3.63) is 34.1 Å². The highest BCUT2D eigenvalue weighted by atomic mass is 35.5. The van der Waals surface area contributed by atoms with Gasteiger partial charge in [0.25, 0.3) is 4.84 Å². The van der Waals surface area contributed by atoms with E-state index in [1.54, 1.807) is 23.9 Å². The highest BCUT2D eigenvalue weighted by Crippen LogP contribution is 2.23. The summed E-state index contributed by atoms with van der Waals surface area (Å²) in [5, 5.41) is 5.01. The summed E-state index contributed by atoms with van der Waals surface area (Å²) >= 11 is 11.3. The summed E-state index contributed by atoms with van der Waals surface area (Å²) in [6, 6.07) is 7.08. The molecule has 142 valence electrons. The Balaban J connectivity index is 1.81. The molecule has 1 aliphatic heterocycles. The Morgan fingerprint density at radius 2 is 2.31 bits per heavy atom. The van der Waals surface area contributed by atoms with E-state index >= 15 is 0 Å².